The molecule has 12 heteroatoms. The highest BCUT2D eigenvalue weighted by molar-refractivity contribution is 6.72. The molecule has 0 aliphatic carbocycles. The zero-order valence-corrected chi connectivity index (χ0v) is 33.9. The topological polar surface area (TPSA) is 109 Å². The molecule has 3 amide bonds. The van der Waals surface area contributed by atoms with E-state index in [1.165, 1.54) is 0 Å². The van der Waals surface area contributed by atoms with Crippen LogP contribution in [0.4, 0.5) is 21.2 Å². The molecule has 3 heterocycles. The number of carbonyl (C=O) groups excluding carboxylic acids is 3. The van der Waals surface area contributed by atoms with Crippen molar-refractivity contribution in [3.8, 4) is 17.2 Å². The minimum atomic E-state index is -3.59. The molecule has 0 unspecified atom stereocenters. The van der Waals surface area contributed by atoms with E-state index in [1.54, 1.807) is 65.2 Å². The summed E-state index contributed by atoms with van der Waals surface area (Å²) in [5, 5.41) is 9.89. The lowest BCUT2D eigenvalue weighted by Gasteiger charge is -2.31. The third-order valence-electron chi connectivity index (χ3n) is 11.6. The van der Waals surface area contributed by atoms with Crippen molar-refractivity contribution in [3.63, 3.8) is 0 Å². The zero-order valence-electron chi connectivity index (χ0n) is 32.9. The lowest BCUT2D eigenvalue weighted by molar-refractivity contribution is -0.150. The normalized spacial score (nSPS) is 21.0. The number of para-hydroxylation sites is 3. The number of fused-ring (bicyclic) bond motifs is 4. The molecular formula is C46H46FN3O7Si. The van der Waals surface area contributed by atoms with Gasteiger partial charge in [0, 0.05) is 35.8 Å². The molecule has 1 spiro atoms. The molecule has 1 fully saturated rings. The molecule has 298 valence electrons. The smallest absolute Gasteiger partial charge is 0.266 e. The van der Waals surface area contributed by atoms with E-state index in [1.807, 2.05) is 97.9 Å². The largest absolute Gasteiger partial charge is 0.497 e. The van der Waals surface area contributed by atoms with Crippen molar-refractivity contribution in [2.75, 3.05) is 30.1 Å². The zero-order chi connectivity index (χ0) is 40.8. The van der Waals surface area contributed by atoms with Gasteiger partial charge < -0.3 is 33.2 Å². The molecule has 3 aliphatic rings. The van der Waals surface area contributed by atoms with Crippen molar-refractivity contribution in [1.82, 2.24) is 4.90 Å². The molecular weight excluding hydrogens is 754 g/mol. The first kappa shape index (κ1) is 39.0. The number of halogens is 1. The Morgan fingerprint density at radius 3 is 2.33 bits per heavy atom. The van der Waals surface area contributed by atoms with Gasteiger partial charge in [-0.2, -0.15) is 0 Å². The molecule has 0 bridgehead atoms. The summed E-state index contributed by atoms with van der Waals surface area (Å²) in [7, 11) is -2.05. The molecule has 1 N–H and O–H groups in total. The summed E-state index contributed by atoms with van der Waals surface area (Å²) in [5.74, 6) is -0.0565. The fourth-order valence-corrected chi connectivity index (χ4v) is 11.6. The van der Waals surface area contributed by atoms with Crippen molar-refractivity contribution in [2.24, 2.45) is 5.92 Å². The van der Waals surface area contributed by atoms with Crippen LogP contribution in [0.3, 0.4) is 0 Å². The quantitative estimate of drug-likeness (QED) is 0.105. The second-order valence-electron chi connectivity index (χ2n) is 15.7. The predicted molar refractivity (Wildman–Crippen MR) is 222 cm³/mol. The van der Waals surface area contributed by atoms with Crippen molar-refractivity contribution in [3.05, 3.63) is 144 Å². The first-order valence-electron chi connectivity index (χ1n) is 19.5. The lowest BCUT2D eigenvalue weighted by Crippen LogP contribution is -2.45. The number of nitrogens with zero attached hydrogens (tertiary/aromatic N) is 3. The molecule has 4 atom stereocenters. The third-order valence-corrected chi connectivity index (χ3v) is 14.1. The van der Waals surface area contributed by atoms with Gasteiger partial charge in [-0.05, 0) is 78.8 Å². The number of aliphatic hydroxyl groups is 1. The number of methoxy groups -OCH3 is 1. The highest BCUT2D eigenvalue weighted by Gasteiger charge is 2.67. The van der Waals surface area contributed by atoms with Crippen LogP contribution in [0, 0.1) is 5.92 Å². The van der Waals surface area contributed by atoms with Gasteiger partial charge in [0.05, 0.1) is 49.7 Å². The van der Waals surface area contributed by atoms with E-state index < -0.39 is 31.6 Å². The Bertz CT molecular complexity index is 2370. The number of amides is 3. The Morgan fingerprint density at radius 2 is 1.59 bits per heavy atom. The van der Waals surface area contributed by atoms with Crippen LogP contribution in [0.15, 0.2) is 121 Å². The van der Waals surface area contributed by atoms with Gasteiger partial charge in [-0.25, -0.2) is 0 Å². The van der Waals surface area contributed by atoms with E-state index in [9.17, 15) is 14.7 Å². The van der Waals surface area contributed by atoms with Gasteiger partial charge in [-0.1, -0.05) is 73.7 Å². The van der Waals surface area contributed by atoms with Gasteiger partial charge in [0.25, 0.3) is 11.8 Å². The Morgan fingerprint density at radius 1 is 0.879 bits per heavy atom. The average molecular weight is 800 g/mol. The molecule has 3 aliphatic heterocycles. The van der Waals surface area contributed by atoms with Crippen LogP contribution in [0.5, 0.6) is 17.2 Å². The van der Waals surface area contributed by atoms with Crippen molar-refractivity contribution in [1.29, 1.82) is 0 Å². The first-order chi connectivity index (χ1) is 27.9. The number of aliphatic hydroxyl groups excluding tert-OH is 1. The van der Waals surface area contributed by atoms with Crippen LogP contribution >= 0.6 is 0 Å². The molecule has 10 nitrogen and oxygen atoms in total. The van der Waals surface area contributed by atoms with Crippen LogP contribution < -0.4 is 19.3 Å². The lowest BCUT2D eigenvalue weighted by atomic mass is 9.82. The van der Waals surface area contributed by atoms with Gasteiger partial charge in [-0.3, -0.25) is 19.3 Å². The van der Waals surface area contributed by atoms with E-state index in [2.05, 4.69) is 0 Å². The minimum Gasteiger partial charge on any atom is -0.497 e. The van der Waals surface area contributed by atoms with Gasteiger partial charge in [0.15, 0.2) is 11.4 Å². The molecule has 0 radical (unpaired) electrons. The van der Waals surface area contributed by atoms with Crippen LogP contribution in [-0.2, 0) is 33.0 Å². The molecule has 8 rings (SSSR count). The van der Waals surface area contributed by atoms with E-state index in [4.69, 9.17) is 14.2 Å². The fraction of sp³-hybridized carbons (Fsp3) is 0.283. The van der Waals surface area contributed by atoms with Crippen LogP contribution in [0.25, 0.3) is 0 Å². The number of rotatable bonds is 11. The summed E-state index contributed by atoms with van der Waals surface area (Å²) in [4.78, 5) is 48.3. The molecule has 0 aromatic heterocycles. The minimum absolute atomic E-state index is 0.0994. The maximum absolute atomic E-state index is 16.7. The van der Waals surface area contributed by atoms with Crippen LogP contribution in [0.1, 0.15) is 40.4 Å². The SMILES string of the molecule is COc1ccc2c(c1)[C@]1(O[C@@H](CC(=O)N(CCO)Cc3ccccc3)[C@H]([Si](C)(C)F)[C@H]1C)C(=O)N2Cc1cccc(N2C(=O)c3ccccc3Oc3ccccc32)c1. The van der Waals surface area contributed by atoms with Gasteiger partial charge in [0.1, 0.15) is 11.5 Å². The Balaban J connectivity index is 1.14. The molecule has 0 saturated carbocycles. The maximum atomic E-state index is 16.7. The molecule has 58 heavy (non-hydrogen) atoms. The standard InChI is InChI=1S/C46H46FN3O7Si/c1-30-43(58(3,4)47)41(27-42(52)48(23-24-51)28-31-13-6-5-7-14-31)57-46(30)36-26-34(55-2)21-22-37(36)49(45(46)54)29-32-15-12-16-33(25-32)50-38-18-9-11-20-40(38)56-39-19-10-8-17-35(39)44(50)53/h5-22,25-26,30,41,43,51H,23-24,27-29H2,1-4H3/t30-,41+,43-,46+/m1/s1. The fourth-order valence-electron chi connectivity index (χ4n) is 9.07. The van der Waals surface area contributed by atoms with Crippen molar-refractivity contribution < 1.29 is 37.8 Å². The molecule has 1 saturated heterocycles. The first-order valence-corrected chi connectivity index (χ1v) is 22.5. The van der Waals surface area contributed by atoms with Gasteiger partial charge in [-0.15, -0.1) is 0 Å². The summed E-state index contributed by atoms with van der Waals surface area (Å²) in [5.41, 5.74) is 2.05. The second kappa shape index (κ2) is 15.5. The number of benzene rings is 5. The molecule has 5 aromatic rings. The van der Waals surface area contributed by atoms with Gasteiger partial charge >= 0.3 is 0 Å². The second-order valence-corrected chi connectivity index (χ2v) is 19.4. The summed E-state index contributed by atoms with van der Waals surface area (Å²) >= 11 is 0. The summed E-state index contributed by atoms with van der Waals surface area (Å²) < 4.78 is 35.4. The highest BCUT2D eigenvalue weighted by Crippen LogP contribution is 2.61. The maximum Gasteiger partial charge on any atom is 0.266 e. The van der Waals surface area contributed by atoms with Crippen LogP contribution in [0.2, 0.25) is 18.6 Å². The average Bonchev–Trinajstić information content (AvgIpc) is 3.58. The van der Waals surface area contributed by atoms with Crippen LogP contribution in [-0.4, -0.2) is 62.5 Å². The Labute approximate surface area is 338 Å². The number of ether oxygens (including phenoxy) is 3. The summed E-state index contributed by atoms with van der Waals surface area (Å²) in [6, 6.07) is 36.8. The van der Waals surface area contributed by atoms with Crippen molar-refractivity contribution in [2.45, 2.75) is 56.8 Å². The Hall–Kier alpha value is -5.82. The Kier molecular flexibility index (Phi) is 10.4. The summed E-state index contributed by atoms with van der Waals surface area (Å²) in [6.07, 6.45) is -1.06. The van der Waals surface area contributed by atoms with Crippen molar-refractivity contribution >= 4 is 43.2 Å². The highest BCUT2D eigenvalue weighted by atomic mass is 28.4. The van der Waals surface area contributed by atoms with E-state index in [-0.39, 0.29) is 50.4 Å². The van der Waals surface area contributed by atoms with E-state index in [0.29, 0.717) is 45.4 Å². The number of hydrogen-bond donors (Lipinski definition) is 1. The van der Waals surface area contributed by atoms with E-state index >= 15 is 8.90 Å². The number of hydrogen-bond acceptors (Lipinski definition) is 7. The predicted octanol–water partition coefficient (Wildman–Crippen LogP) is 8.51. The summed E-state index contributed by atoms with van der Waals surface area (Å²) in [6.45, 7) is 5.31. The van der Waals surface area contributed by atoms with Gasteiger partial charge in [0.2, 0.25) is 14.3 Å². The number of anilines is 3. The molecule has 5 aromatic carbocycles. The monoisotopic (exact) mass is 799 g/mol. The number of carbonyl (C=O) groups is 3. The third kappa shape index (κ3) is 6.84. The van der Waals surface area contributed by atoms with E-state index in [0.717, 1.165) is 11.1 Å².